The number of nitriles is 1. The van der Waals surface area contributed by atoms with Crippen molar-refractivity contribution in [1.82, 2.24) is 19.4 Å². The Morgan fingerprint density at radius 2 is 2.14 bits per heavy atom. The summed E-state index contributed by atoms with van der Waals surface area (Å²) in [6, 6.07) is 12.2. The van der Waals surface area contributed by atoms with E-state index in [0.717, 1.165) is 22.0 Å². The molecule has 2 aromatic heterocycles. The molecule has 0 aliphatic heterocycles. The van der Waals surface area contributed by atoms with Crippen molar-refractivity contribution >= 4 is 17.7 Å². The van der Waals surface area contributed by atoms with E-state index in [2.05, 4.69) is 48.1 Å². The van der Waals surface area contributed by atoms with E-state index < -0.39 is 0 Å². The minimum atomic E-state index is -0.0235. The summed E-state index contributed by atoms with van der Waals surface area (Å²) in [5.74, 6) is 0.234. The first kappa shape index (κ1) is 20.6. The fourth-order valence-corrected chi connectivity index (χ4v) is 3.83. The molecule has 0 spiro atoms. The van der Waals surface area contributed by atoms with E-state index in [9.17, 15) is 4.79 Å². The largest absolute Gasteiger partial charge is 0.337 e. The number of aromatic nitrogens is 3. The number of aryl methyl sites for hydroxylation is 2. The first-order valence-corrected chi connectivity index (χ1v) is 10.3. The van der Waals surface area contributed by atoms with Gasteiger partial charge in [-0.1, -0.05) is 30.0 Å². The lowest BCUT2D eigenvalue weighted by molar-refractivity contribution is -0.128. The molecule has 0 saturated carbocycles. The number of benzene rings is 1. The van der Waals surface area contributed by atoms with Gasteiger partial charge in [-0.25, -0.2) is 4.98 Å². The fraction of sp³-hybridized carbons (Fsp3) is 0.273. The fourth-order valence-electron chi connectivity index (χ4n) is 2.97. The summed E-state index contributed by atoms with van der Waals surface area (Å²) in [6.07, 6.45) is 7.41. The van der Waals surface area contributed by atoms with Gasteiger partial charge in [-0.05, 0) is 42.7 Å². The van der Waals surface area contributed by atoms with Gasteiger partial charge in [-0.15, -0.1) is 0 Å². The van der Waals surface area contributed by atoms with E-state index in [4.69, 9.17) is 5.26 Å². The zero-order valence-electron chi connectivity index (χ0n) is 16.6. The second-order valence-corrected chi connectivity index (χ2v) is 7.69. The van der Waals surface area contributed by atoms with Crippen molar-refractivity contribution in [3.05, 3.63) is 71.8 Å². The molecule has 0 N–H and O–H groups in total. The van der Waals surface area contributed by atoms with Gasteiger partial charge in [-0.3, -0.25) is 14.3 Å². The number of hydrogen-bond donors (Lipinski definition) is 0. The minimum absolute atomic E-state index is 0.0235. The smallest absolute Gasteiger partial charge is 0.233 e. The van der Waals surface area contributed by atoms with E-state index in [1.165, 1.54) is 17.3 Å². The summed E-state index contributed by atoms with van der Waals surface area (Å²) in [5, 5.41) is 9.71. The molecule has 148 valence electrons. The van der Waals surface area contributed by atoms with Crippen LogP contribution < -0.4 is 0 Å². The molecular formula is C22H23N5OS. The molecule has 1 amide bonds. The molecule has 0 unspecified atom stereocenters. The predicted molar refractivity (Wildman–Crippen MR) is 114 cm³/mol. The van der Waals surface area contributed by atoms with Gasteiger partial charge in [0.25, 0.3) is 0 Å². The van der Waals surface area contributed by atoms with Crippen LogP contribution in [-0.2, 0) is 11.3 Å². The third kappa shape index (κ3) is 5.46. The van der Waals surface area contributed by atoms with Crippen LogP contribution in [0.5, 0.6) is 0 Å². The van der Waals surface area contributed by atoms with Crippen LogP contribution in [0, 0.1) is 25.2 Å². The topological polar surface area (TPSA) is 74.8 Å². The highest BCUT2D eigenvalue weighted by atomic mass is 32.2. The number of pyridine rings is 1. The van der Waals surface area contributed by atoms with Gasteiger partial charge in [0.05, 0.1) is 23.9 Å². The molecule has 3 rings (SSSR count). The van der Waals surface area contributed by atoms with Gasteiger partial charge >= 0.3 is 0 Å². The zero-order chi connectivity index (χ0) is 20.6. The first-order chi connectivity index (χ1) is 14.1. The first-order valence-electron chi connectivity index (χ1n) is 9.36. The Labute approximate surface area is 175 Å². The molecule has 7 heteroatoms. The van der Waals surface area contributed by atoms with Crippen LogP contribution in [0.4, 0.5) is 0 Å². The van der Waals surface area contributed by atoms with Crippen LogP contribution in [0.15, 0.2) is 60.3 Å². The number of carbonyl (C=O) groups is 1. The lowest BCUT2D eigenvalue weighted by Gasteiger charge is -2.21. The lowest BCUT2D eigenvalue weighted by atomic mass is 10.1. The summed E-state index contributed by atoms with van der Waals surface area (Å²) in [6.45, 7) is 4.96. The quantitative estimate of drug-likeness (QED) is 0.531. The van der Waals surface area contributed by atoms with Crippen molar-refractivity contribution < 1.29 is 4.79 Å². The van der Waals surface area contributed by atoms with Gasteiger partial charge in [0, 0.05) is 37.9 Å². The van der Waals surface area contributed by atoms with Gasteiger partial charge in [0.1, 0.15) is 0 Å². The number of imidazole rings is 1. The number of thioether (sulfide) groups is 1. The van der Waals surface area contributed by atoms with Crippen molar-refractivity contribution in [2.24, 2.45) is 0 Å². The van der Waals surface area contributed by atoms with Gasteiger partial charge in [-0.2, -0.15) is 5.26 Å². The summed E-state index contributed by atoms with van der Waals surface area (Å²) < 4.78 is 2.01. The lowest BCUT2D eigenvalue weighted by Crippen LogP contribution is -2.33. The summed E-state index contributed by atoms with van der Waals surface area (Å²) >= 11 is 1.41. The Balaban J connectivity index is 1.71. The number of rotatable bonds is 8. The maximum absolute atomic E-state index is 12.9. The van der Waals surface area contributed by atoms with Gasteiger partial charge in [0.15, 0.2) is 5.16 Å². The molecule has 0 fully saturated rings. The standard InChI is InChI=1S/C22H23N5OS/c1-17-6-7-18(2)20(13-17)27-12-10-25-22(27)29-16-21(28)26(11-4-8-23)15-19-5-3-9-24-14-19/h3,5-7,9-10,12-14H,4,11,15-16H2,1-2H3. The molecule has 6 nitrogen and oxygen atoms in total. The molecule has 2 heterocycles. The van der Waals surface area contributed by atoms with Crippen molar-refractivity contribution in [2.75, 3.05) is 12.3 Å². The number of amides is 1. The molecule has 0 bridgehead atoms. The Morgan fingerprint density at radius 1 is 1.28 bits per heavy atom. The number of hydrogen-bond acceptors (Lipinski definition) is 5. The van der Waals surface area contributed by atoms with E-state index in [0.29, 0.717) is 19.5 Å². The molecule has 3 aromatic rings. The number of nitrogens with zero attached hydrogens (tertiary/aromatic N) is 5. The molecule has 0 aliphatic carbocycles. The van der Waals surface area contributed by atoms with Crippen LogP contribution in [0.3, 0.4) is 0 Å². The molecule has 1 aromatic carbocycles. The van der Waals surface area contributed by atoms with Crippen LogP contribution in [0.25, 0.3) is 5.69 Å². The second kappa shape index (κ2) is 9.89. The average Bonchev–Trinajstić information content (AvgIpc) is 3.20. The monoisotopic (exact) mass is 405 g/mol. The molecular weight excluding hydrogens is 382 g/mol. The molecule has 0 saturated heterocycles. The maximum atomic E-state index is 12.9. The molecule has 29 heavy (non-hydrogen) atoms. The molecule has 0 atom stereocenters. The zero-order valence-corrected chi connectivity index (χ0v) is 17.4. The maximum Gasteiger partial charge on any atom is 0.233 e. The molecule has 0 aliphatic rings. The molecule has 0 radical (unpaired) electrons. The predicted octanol–water partition coefficient (Wildman–Crippen LogP) is 3.92. The third-order valence-corrected chi connectivity index (χ3v) is 5.45. The van der Waals surface area contributed by atoms with E-state index in [-0.39, 0.29) is 11.7 Å². The van der Waals surface area contributed by atoms with Crippen molar-refractivity contribution in [1.29, 1.82) is 5.26 Å². The van der Waals surface area contributed by atoms with Crippen molar-refractivity contribution in [3.8, 4) is 11.8 Å². The van der Waals surface area contributed by atoms with Crippen molar-refractivity contribution in [2.45, 2.75) is 32.0 Å². The van der Waals surface area contributed by atoms with Gasteiger partial charge in [0.2, 0.25) is 5.91 Å². The van der Waals surface area contributed by atoms with E-state index in [1.807, 2.05) is 22.9 Å². The summed E-state index contributed by atoms with van der Waals surface area (Å²) in [7, 11) is 0. The van der Waals surface area contributed by atoms with Crippen LogP contribution in [-0.4, -0.2) is 37.6 Å². The average molecular weight is 406 g/mol. The van der Waals surface area contributed by atoms with Crippen LogP contribution in [0.1, 0.15) is 23.1 Å². The summed E-state index contributed by atoms with van der Waals surface area (Å²) in [5.41, 5.74) is 4.33. The van der Waals surface area contributed by atoms with Crippen LogP contribution >= 0.6 is 11.8 Å². The third-order valence-electron chi connectivity index (χ3n) is 4.50. The minimum Gasteiger partial charge on any atom is -0.337 e. The van der Waals surface area contributed by atoms with Crippen molar-refractivity contribution in [3.63, 3.8) is 0 Å². The number of carbonyl (C=O) groups excluding carboxylic acids is 1. The Hall–Kier alpha value is -3.11. The SMILES string of the molecule is Cc1ccc(C)c(-n2ccnc2SCC(=O)N(CCC#N)Cc2cccnc2)c1. The van der Waals surface area contributed by atoms with Gasteiger partial charge < -0.3 is 4.90 Å². The van der Waals surface area contributed by atoms with E-state index in [1.54, 1.807) is 23.5 Å². The highest BCUT2D eigenvalue weighted by Gasteiger charge is 2.16. The summed E-state index contributed by atoms with van der Waals surface area (Å²) in [4.78, 5) is 23.1. The second-order valence-electron chi connectivity index (χ2n) is 6.74. The van der Waals surface area contributed by atoms with E-state index >= 15 is 0 Å². The Morgan fingerprint density at radius 3 is 2.90 bits per heavy atom. The highest BCUT2D eigenvalue weighted by molar-refractivity contribution is 7.99. The normalized spacial score (nSPS) is 10.5. The highest BCUT2D eigenvalue weighted by Crippen LogP contribution is 2.24. The Bertz CT molecular complexity index is 1010. The Kier molecular flexibility index (Phi) is 7.04. The van der Waals surface area contributed by atoms with Crippen LogP contribution in [0.2, 0.25) is 0 Å².